The Bertz CT molecular complexity index is 2450. The topological polar surface area (TPSA) is 198 Å². The minimum atomic E-state index is -3.08. The van der Waals surface area contributed by atoms with Crippen molar-refractivity contribution in [3.05, 3.63) is 157 Å². The van der Waals surface area contributed by atoms with Gasteiger partial charge in [-0.2, -0.15) is 0 Å². The Morgan fingerprint density at radius 3 is 1.33 bits per heavy atom. The molecule has 0 saturated heterocycles. The molecule has 4 aromatic carbocycles. The maximum absolute atomic E-state index is 14.3. The first kappa shape index (κ1) is 57.8. The number of carbonyl (C=O) groups is 4. The van der Waals surface area contributed by atoms with Crippen LogP contribution in [0.4, 0.5) is 11.4 Å². The first-order chi connectivity index (χ1) is 36.2. The Hall–Kier alpha value is -6.44. The van der Waals surface area contributed by atoms with Crippen molar-refractivity contribution in [2.75, 3.05) is 24.7 Å². The van der Waals surface area contributed by atoms with Crippen LogP contribution in [0.2, 0.25) is 0 Å². The zero-order chi connectivity index (χ0) is 53.5. The molecule has 0 unspecified atom stereocenters. The highest BCUT2D eigenvalue weighted by molar-refractivity contribution is 6.01. The summed E-state index contributed by atoms with van der Waals surface area (Å²) >= 11 is 0. The Morgan fingerprint density at radius 2 is 0.933 bits per heavy atom. The normalized spacial score (nSPS) is 18.2. The predicted octanol–water partition coefficient (Wildman–Crippen LogP) is 11.7. The van der Waals surface area contributed by atoms with E-state index in [1.165, 1.54) is 12.2 Å². The Balaban J connectivity index is 1.10. The number of nitrogen functional groups attached to an aromatic ring is 2. The van der Waals surface area contributed by atoms with Crippen LogP contribution in [-0.4, -0.2) is 64.9 Å². The molecule has 4 aromatic rings. The molecule has 2 aliphatic carbocycles. The van der Waals surface area contributed by atoms with Crippen molar-refractivity contribution >= 4 is 47.0 Å². The van der Waals surface area contributed by atoms with Crippen molar-refractivity contribution in [1.29, 1.82) is 0 Å². The molecule has 0 aromatic heterocycles. The lowest BCUT2D eigenvalue weighted by atomic mass is 9.65. The molecule has 6 N–H and O–H groups in total. The summed E-state index contributed by atoms with van der Waals surface area (Å²) in [6, 6.07) is 27.0. The molecular formula is C63H78N2O10. The zero-order valence-electron chi connectivity index (χ0n) is 43.6. The van der Waals surface area contributed by atoms with Gasteiger partial charge in [0, 0.05) is 36.4 Å². The number of benzene rings is 4. The van der Waals surface area contributed by atoms with E-state index in [2.05, 4.69) is 13.2 Å². The molecule has 0 spiro atoms. The molecule has 0 atom stereocenters. The van der Waals surface area contributed by atoms with Gasteiger partial charge in [-0.25, -0.2) is 0 Å². The first-order valence-electron chi connectivity index (χ1n) is 26.9. The van der Waals surface area contributed by atoms with E-state index >= 15 is 0 Å². The van der Waals surface area contributed by atoms with E-state index in [0.717, 1.165) is 96.3 Å². The first-order valence-corrected chi connectivity index (χ1v) is 26.9. The summed E-state index contributed by atoms with van der Waals surface area (Å²) in [6.45, 7) is 8.99. The van der Waals surface area contributed by atoms with Gasteiger partial charge in [0.1, 0.15) is 11.5 Å². The Labute approximate surface area is 443 Å². The second-order valence-electron chi connectivity index (χ2n) is 20.4. The maximum Gasteiger partial charge on any atom is 0.314 e. The number of esters is 2. The number of hydrogen-bond acceptors (Lipinski definition) is 12. The van der Waals surface area contributed by atoms with Gasteiger partial charge >= 0.3 is 11.9 Å². The number of unbranched alkanes of at least 4 members (excludes halogenated alkanes) is 6. The number of carbonyl (C=O) groups excluding carboxylic acids is 4. The van der Waals surface area contributed by atoms with E-state index in [-0.39, 0.29) is 48.8 Å². The highest BCUT2D eigenvalue weighted by Gasteiger charge is 2.54. The monoisotopic (exact) mass is 1020 g/mol. The summed E-state index contributed by atoms with van der Waals surface area (Å²) in [7, 11) is 0. The van der Waals surface area contributed by atoms with E-state index < -0.39 is 29.2 Å². The number of hydrogen-bond donors (Lipinski definition) is 4. The molecule has 6 rings (SSSR count). The standard InChI is InChI=1S/C63H78N2O10/c1-3-5-7-9-11-41-72-55-36-23-50(24-37-55)60(68)74-57-32-18-46(19-33-57)17-31-54(66)45-62(43-48-13-27-52(64)28-14-48,44-49-15-29-53(65)30-16-49)63(70,71)59(67)40-22-47-20-34-58(35-21-47)75-61(69)51-25-38-56(39-26-51)73-42-12-10-8-6-4-2/h3-4,13-22,27-35,40,50-51,55-56,70-71H,1-2,5-12,23-26,36-39,41-45,64-65H2. The fraction of sp³-hybridized carbons (Fsp3) is 0.429. The predicted molar refractivity (Wildman–Crippen MR) is 296 cm³/mol. The molecule has 400 valence electrons. The Morgan fingerprint density at radius 1 is 0.533 bits per heavy atom. The molecular weight excluding hydrogens is 945 g/mol. The average molecular weight is 1020 g/mol. The van der Waals surface area contributed by atoms with Crippen molar-refractivity contribution in [3.8, 4) is 11.5 Å². The summed E-state index contributed by atoms with van der Waals surface area (Å²) in [6.07, 6.45) is 23.6. The maximum atomic E-state index is 14.3. The second-order valence-corrected chi connectivity index (χ2v) is 20.4. The van der Waals surface area contributed by atoms with Crippen LogP contribution >= 0.6 is 0 Å². The lowest BCUT2D eigenvalue weighted by Crippen LogP contribution is -2.57. The summed E-state index contributed by atoms with van der Waals surface area (Å²) in [5, 5.41) is 24.6. The largest absolute Gasteiger partial charge is 0.426 e. The van der Waals surface area contributed by atoms with Crippen LogP contribution in [0.5, 0.6) is 11.5 Å². The molecule has 2 saturated carbocycles. The zero-order valence-corrected chi connectivity index (χ0v) is 43.6. The van der Waals surface area contributed by atoms with E-state index in [4.69, 9.17) is 30.4 Å². The fourth-order valence-corrected chi connectivity index (χ4v) is 10.00. The van der Waals surface area contributed by atoms with Gasteiger partial charge in [0.2, 0.25) is 11.6 Å². The van der Waals surface area contributed by atoms with Gasteiger partial charge in [-0.15, -0.1) is 13.2 Å². The third-order valence-corrected chi connectivity index (χ3v) is 14.6. The molecule has 0 amide bonds. The van der Waals surface area contributed by atoms with E-state index in [1.54, 1.807) is 103 Å². The lowest BCUT2D eigenvalue weighted by molar-refractivity contribution is -0.230. The fourth-order valence-electron chi connectivity index (χ4n) is 10.00. The Kier molecular flexibility index (Phi) is 22.8. The van der Waals surface area contributed by atoms with Gasteiger partial charge in [-0.05, 0) is 186 Å². The van der Waals surface area contributed by atoms with Gasteiger partial charge in [0.15, 0.2) is 5.78 Å². The summed E-state index contributed by atoms with van der Waals surface area (Å²) in [4.78, 5) is 54.7. The SMILES string of the molecule is C=CCCCCCOC1CCC(C(=O)Oc2ccc(C=CC(=O)CC(Cc3ccc(N)cc3)(Cc3ccc(N)cc3)C(O)(O)C(=O)C=Cc3ccc(OC(=O)C4CCC(OCCCCCC=C)CC4)cc3)cc2)CC1. The summed E-state index contributed by atoms with van der Waals surface area (Å²) in [5.74, 6) is -4.84. The van der Waals surface area contributed by atoms with E-state index in [1.807, 2.05) is 12.2 Å². The molecule has 2 fully saturated rings. The number of rotatable bonds is 30. The van der Waals surface area contributed by atoms with Crippen molar-refractivity contribution in [3.63, 3.8) is 0 Å². The molecule has 0 radical (unpaired) electrons. The molecule has 12 nitrogen and oxygen atoms in total. The smallest absolute Gasteiger partial charge is 0.314 e. The number of aliphatic hydroxyl groups is 2. The molecule has 2 aliphatic rings. The van der Waals surface area contributed by atoms with Crippen LogP contribution in [0.1, 0.15) is 131 Å². The van der Waals surface area contributed by atoms with Gasteiger partial charge in [-0.1, -0.05) is 85.7 Å². The number of ketones is 2. The number of anilines is 2. The molecule has 12 heteroatoms. The van der Waals surface area contributed by atoms with Crippen LogP contribution in [-0.2, 0) is 41.5 Å². The quantitative estimate of drug-likeness (QED) is 0.00734. The van der Waals surface area contributed by atoms with Gasteiger partial charge in [0.25, 0.3) is 0 Å². The lowest BCUT2D eigenvalue weighted by Gasteiger charge is -2.42. The van der Waals surface area contributed by atoms with Crippen LogP contribution in [0.3, 0.4) is 0 Å². The van der Waals surface area contributed by atoms with Crippen molar-refractivity contribution in [2.24, 2.45) is 17.3 Å². The molecule has 0 bridgehead atoms. The highest BCUT2D eigenvalue weighted by atomic mass is 16.5. The van der Waals surface area contributed by atoms with Crippen molar-refractivity contribution < 1.29 is 48.3 Å². The molecule has 75 heavy (non-hydrogen) atoms. The average Bonchev–Trinajstić information content (AvgIpc) is 3.41. The van der Waals surface area contributed by atoms with Crippen LogP contribution < -0.4 is 20.9 Å². The van der Waals surface area contributed by atoms with E-state index in [9.17, 15) is 29.4 Å². The summed E-state index contributed by atoms with van der Waals surface area (Å²) < 4.78 is 23.6. The number of allylic oxidation sites excluding steroid dienone is 3. The highest BCUT2D eigenvalue weighted by Crippen LogP contribution is 2.43. The van der Waals surface area contributed by atoms with Crippen molar-refractivity contribution in [1.82, 2.24) is 0 Å². The molecule has 0 heterocycles. The van der Waals surface area contributed by atoms with Crippen LogP contribution in [0.15, 0.2) is 135 Å². The number of nitrogens with two attached hydrogens (primary N) is 2. The minimum Gasteiger partial charge on any atom is -0.426 e. The van der Waals surface area contributed by atoms with Crippen LogP contribution in [0.25, 0.3) is 12.2 Å². The molecule has 0 aliphatic heterocycles. The van der Waals surface area contributed by atoms with Gasteiger partial charge < -0.3 is 40.6 Å². The third kappa shape index (κ3) is 18.4. The van der Waals surface area contributed by atoms with Gasteiger partial charge in [0.05, 0.1) is 24.0 Å². The van der Waals surface area contributed by atoms with Gasteiger partial charge in [-0.3, -0.25) is 19.2 Å². The van der Waals surface area contributed by atoms with Crippen molar-refractivity contribution in [2.45, 2.75) is 140 Å². The summed E-state index contributed by atoms with van der Waals surface area (Å²) in [5.41, 5.74) is 13.6. The van der Waals surface area contributed by atoms with Crippen LogP contribution in [0, 0.1) is 17.3 Å². The minimum absolute atomic E-state index is 0.0971. The number of ether oxygens (including phenoxy) is 4. The van der Waals surface area contributed by atoms with E-state index in [0.29, 0.717) is 70.8 Å². The third-order valence-electron chi connectivity index (χ3n) is 14.6. The second kappa shape index (κ2) is 29.6.